The van der Waals surface area contributed by atoms with Gasteiger partial charge in [0.15, 0.2) is 5.96 Å². The van der Waals surface area contributed by atoms with Gasteiger partial charge in [0.1, 0.15) is 0 Å². The van der Waals surface area contributed by atoms with E-state index in [1.54, 1.807) is 11.3 Å². The van der Waals surface area contributed by atoms with Crippen LogP contribution in [0.3, 0.4) is 0 Å². The van der Waals surface area contributed by atoms with Crippen LogP contribution in [0.4, 0.5) is 0 Å². The predicted octanol–water partition coefficient (Wildman–Crippen LogP) is 3.22. The van der Waals surface area contributed by atoms with E-state index in [4.69, 9.17) is 14.7 Å². The molecule has 1 aromatic rings. The molecule has 2 N–H and O–H groups in total. The summed E-state index contributed by atoms with van der Waals surface area (Å²) in [6, 6.07) is 0. The smallest absolute Gasteiger partial charge is 0.191 e. The Bertz CT molecular complexity index is 591. The van der Waals surface area contributed by atoms with Gasteiger partial charge in [-0.2, -0.15) is 0 Å². The molecule has 0 unspecified atom stereocenters. The lowest BCUT2D eigenvalue weighted by molar-refractivity contribution is -0.00834. The van der Waals surface area contributed by atoms with Crippen LogP contribution in [-0.2, 0) is 16.7 Å². The van der Waals surface area contributed by atoms with Gasteiger partial charge in [-0.3, -0.25) is 4.90 Å². The fourth-order valence-electron chi connectivity index (χ4n) is 2.81. The first kappa shape index (κ1) is 24.6. The molecule has 6 nitrogen and oxygen atoms in total. The number of thiazole rings is 1. The van der Waals surface area contributed by atoms with Crippen molar-refractivity contribution < 1.29 is 4.74 Å². The van der Waals surface area contributed by atoms with Crippen molar-refractivity contribution in [3.05, 3.63) is 16.1 Å². The van der Waals surface area contributed by atoms with Crippen molar-refractivity contribution in [2.45, 2.75) is 59.0 Å². The zero-order chi connectivity index (χ0) is 19.2. The maximum absolute atomic E-state index is 5.47. The van der Waals surface area contributed by atoms with Crippen LogP contribution in [0.15, 0.2) is 10.4 Å². The Morgan fingerprint density at radius 2 is 1.89 bits per heavy atom. The van der Waals surface area contributed by atoms with Crippen molar-refractivity contribution >= 4 is 41.3 Å². The van der Waals surface area contributed by atoms with Gasteiger partial charge >= 0.3 is 0 Å². The Morgan fingerprint density at radius 1 is 1.22 bits per heavy atom. The molecule has 0 aromatic carbocycles. The van der Waals surface area contributed by atoms with Gasteiger partial charge in [-0.15, -0.1) is 35.3 Å². The third-order valence-corrected chi connectivity index (χ3v) is 5.81. The molecule has 1 aromatic heterocycles. The number of rotatable bonds is 6. The van der Waals surface area contributed by atoms with Gasteiger partial charge < -0.3 is 15.4 Å². The summed E-state index contributed by atoms with van der Waals surface area (Å²) in [6.45, 7) is 19.1. The van der Waals surface area contributed by atoms with Crippen LogP contribution in [-0.4, -0.2) is 60.8 Å². The number of nitrogens with one attached hydrogen (secondary N) is 2. The normalized spacial score (nSPS) is 16.7. The summed E-state index contributed by atoms with van der Waals surface area (Å²) >= 11 is 1.72. The van der Waals surface area contributed by atoms with E-state index in [2.05, 4.69) is 62.5 Å². The zero-order valence-corrected chi connectivity index (χ0v) is 20.7. The third kappa shape index (κ3) is 7.83. The molecule has 0 spiro atoms. The monoisotopic (exact) mass is 509 g/mol. The van der Waals surface area contributed by atoms with Crippen molar-refractivity contribution in [3.63, 3.8) is 0 Å². The van der Waals surface area contributed by atoms with Crippen molar-refractivity contribution in [1.82, 2.24) is 20.5 Å². The van der Waals surface area contributed by atoms with Crippen LogP contribution in [0, 0.1) is 0 Å². The molecule has 0 bridgehead atoms. The van der Waals surface area contributed by atoms with Crippen molar-refractivity contribution in [1.29, 1.82) is 0 Å². The SMILES string of the molecule is CCNC(=NCc1csc(C(C)(C)C)n1)NCC(C)(C)N1CCOCC1.I. The van der Waals surface area contributed by atoms with E-state index in [0.29, 0.717) is 6.54 Å². The van der Waals surface area contributed by atoms with Gasteiger partial charge in [0, 0.05) is 42.5 Å². The lowest BCUT2D eigenvalue weighted by atomic mass is 9.98. The molecular formula is C19H36IN5OS. The molecule has 2 heterocycles. The maximum atomic E-state index is 5.47. The van der Waals surface area contributed by atoms with Crippen LogP contribution in [0.25, 0.3) is 0 Å². The number of aromatic nitrogens is 1. The lowest BCUT2D eigenvalue weighted by Crippen LogP contribution is -2.56. The number of hydrogen-bond donors (Lipinski definition) is 2. The van der Waals surface area contributed by atoms with Gasteiger partial charge in [-0.1, -0.05) is 20.8 Å². The highest BCUT2D eigenvalue weighted by Gasteiger charge is 2.28. The molecule has 1 aliphatic rings. The van der Waals surface area contributed by atoms with E-state index in [0.717, 1.165) is 56.1 Å². The van der Waals surface area contributed by atoms with E-state index in [9.17, 15) is 0 Å². The molecule has 1 aliphatic heterocycles. The Kier molecular flexibility index (Phi) is 9.95. The van der Waals surface area contributed by atoms with Crippen molar-refractivity contribution in [2.75, 3.05) is 39.4 Å². The van der Waals surface area contributed by atoms with E-state index >= 15 is 0 Å². The summed E-state index contributed by atoms with van der Waals surface area (Å²) in [4.78, 5) is 11.9. The van der Waals surface area contributed by atoms with Gasteiger partial charge in [-0.05, 0) is 20.8 Å². The predicted molar refractivity (Wildman–Crippen MR) is 126 cm³/mol. The van der Waals surface area contributed by atoms with E-state index in [-0.39, 0.29) is 34.9 Å². The minimum Gasteiger partial charge on any atom is -0.379 e. The van der Waals surface area contributed by atoms with Gasteiger partial charge in [0.25, 0.3) is 0 Å². The number of halogens is 1. The standard InChI is InChI=1S/C19H35N5OS.HI/c1-7-20-17(21-12-15-13-26-16(23-15)18(2,3)4)22-14-19(5,6)24-8-10-25-11-9-24;/h13H,7-12,14H2,1-6H3,(H2,20,21,22);1H. The van der Waals surface area contributed by atoms with Crippen LogP contribution < -0.4 is 10.6 Å². The Morgan fingerprint density at radius 3 is 2.44 bits per heavy atom. The quantitative estimate of drug-likeness (QED) is 0.351. The molecule has 1 saturated heterocycles. The zero-order valence-electron chi connectivity index (χ0n) is 17.6. The first-order chi connectivity index (χ1) is 12.2. The molecule has 2 rings (SSSR count). The summed E-state index contributed by atoms with van der Waals surface area (Å²) in [6.07, 6.45) is 0. The highest BCUT2D eigenvalue weighted by molar-refractivity contribution is 14.0. The average Bonchev–Trinajstić information content (AvgIpc) is 3.07. The molecule has 27 heavy (non-hydrogen) atoms. The van der Waals surface area contributed by atoms with Crippen LogP contribution in [0.2, 0.25) is 0 Å². The van der Waals surface area contributed by atoms with E-state index < -0.39 is 0 Å². The minimum absolute atomic E-state index is 0. The summed E-state index contributed by atoms with van der Waals surface area (Å²) in [7, 11) is 0. The van der Waals surface area contributed by atoms with Crippen molar-refractivity contribution in [2.24, 2.45) is 4.99 Å². The van der Waals surface area contributed by atoms with E-state index in [1.165, 1.54) is 0 Å². The number of guanidine groups is 1. The van der Waals surface area contributed by atoms with Gasteiger partial charge in [-0.25, -0.2) is 9.98 Å². The Hall–Kier alpha value is -0.450. The lowest BCUT2D eigenvalue weighted by Gasteiger charge is -2.41. The summed E-state index contributed by atoms with van der Waals surface area (Å²) in [5, 5.41) is 10.1. The first-order valence-corrected chi connectivity index (χ1v) is 10.4. The molecule has 0 saturated carbocycles. The Balaban J connectivity index is 0.00000364. The van der Waals surface area contributed by atoms with Gasteiger partial charge in [0.05, 0.1) is 30.5 Å². The number of morpholine rings is 1. The number of ether oxygens (including phenoxy) is 1. The fraction of sp³-hybridized carbons (Fsp3) is 0.789. The summed E-state index contributed by atoms with van der Waals surface area (Å²) in [5.74, 6) is 0.846. The molecule has 1 fully saturated rings. The van der Waals surface area contributed by atoms with Crippen LogP contribution in [0.5, 0.6) is 0 Å². The molecule has 0 atom stereocenters. The molecular weight excluding hydrogens is 473 g/mol. The second-order valence-electron chi connectivity index (χ2n) is 8.35. The van der Waals surface area contributed by atoms with E-state index in [1.807, 2.05) is 0 Å². The minimum atomic E-state index is 0. The maximum Gasteiger partial charge on any atom is 0.191 e. The van der Waals surface area contributed by atoms with Crippen LogP contribution >= 0.6 is 35.3 Å². The highest BCUT2D eigenvalue weighted by atomic mass is 127. The Labute approximate surface area is 185 Å². The third-order valence-electron chi connectivity index (χ3n) is 4.49. The largest absolute Gasteiger partial charge is 0.379 e. The number of hydrogen-bond acceptors (Lipinski definition) is 5. The fourth-order valence-corrected chi connectivity index (χ4v) is 3.70. The second-order valence-corrected chi connectivity index (χ2v) is 9.21. The average molecular weight is 510 g/mol. The number of aliphatic imine (C=N–C) groups is 1. The van der Waals surface area contributed by atoms with Crippen LogP contribution in [0.1, 0.15) is 52.2 Å². The van der Waals surface area contributed by atoms with Gasteiger partial charge in [0.2, 0.25) is 0 Å². The molecule has 0 amide bonds. The molecule has 0 radical (unpaired) electrons. The second kappa shape index (κ2) is 10.9. The topological polar surface area (TPSA) is 61.8 Å². The number of nitrogens with zero attached hydrogens (tertiary/aromatic N) is 3. The summed E-state index contributed by atoms with van der Waals surface area (Å²) in [5.41, 5.74) is 1.18. The summed E-state index contributed by atoms with van der Waals surface area (Å²) < 4.78 is 5.47. The van der Waals surface area contributed by atoms with Crippen molar-refractivity contribution in [3.8, 4) is 0 Å². The molecule has 156 valence electrons. The highest BCUT2D eigenvalue weighted by Crippen LogP contribution is 2.25. The molecule has 8 heteroatoms. The first-order valence-electron chi connectivity index (χ1n) is 9.52. The molecule has 0 aliphatic carbocycles.